The first kappa shape index (κ1) is 17.5. The lowest BCUT2D eigenvalue weighted by atomic mass is 10.3. The average molecular weight is 312 g/mol. The van der Waals surface area contributed by atoms with E-state index < -0.39 is 0 Å². The molecule has 1 saturated carbocycles. The number of carbonyl (C=O) groups excluding carboxylic acids is 2. The molecule has 0 radical (unpaired) electrons. The van der Waals surface area contributed by atoms with Crippen LogP contribution in [0.5, 0.6) is 0 Å². The summed E-state index contributed by atoms with van der Waals surface area (Å²) < 4.78 is 0. The van der Waals surface area contributed by atoms with Gasteiger partial charge in [-0.2, -0.15) is 0 Å². The number of amides is 2. The molecular weight excluding hydrogens is 290 g/mol. The molecule has 1 aliphatic carbocycles. The molecule has 116 valence electrons. The summed E-state index contributed by atoms with van der Waals surface area (Å²) in [7, 11) is 0. The lowest BCUT2D eigenvalue weighted by molar-refractivity contribution is -0.120. The van der Waals surface area contributed by atoms with Gasteiger partial charge < -0.3 is 16.0 Å². The van der Waals surface area contributed by atoms with Gasteiger partial charge >= 0.3 is 0 Å². The molecule has 1 fully saturated rings. The van der Waals surface area contributed by atoms with Crippen LogP contribution in [0.2, 0.25) is 0 Å². The number of para-hydroxylation sites is 1. The summed E-state index contributed by atoms with van der Waals surface area (Å²) in [4.78, 5) is 23.1. The van der Waals surface area contributed by atoms with E-state index in [-0.39, 0.29) is 30.6 Å². The lowest BCUT2D eigenvalue weighted by Crippen LogP contribution is -2.36. The summed E-state index contributed by atoms with van der Waals surface area (Å²) in [5.41, 5.74) is 0.773. The van der Waals surface area contributed by atoms with Gasteiger partial charge in [0.2, 0.25) is 11.8 Å². The van der Waals surface area contributed by atoms with Crippen LogP contribution in [0.25, 0.3) is 0 Å². The van der Waals surface area contributed by atoms with Gasteiger partial charge in [0.15, 0.2) is 0 Å². The predicted octanol–water partition coefficient (Wildman–Crippen LogP) is 1.55. The Morgan fingerprint density at radius 3 is 2.48 bits per heavy atom. The van der Waals surface area contributed by atoms with Crippen molar-refractivity contribution in [3.05, 3.63) is 30.3 Å². The minimum absolute atomic E-state index is 0. The quantitative estimate of drug-likeness (QED) is 0.682. The molecular formula is C15H22ClN3O2. The van der Waals surface area contributed by atoms with Crippen LogP contribution in [-0.4, -0.2) is 31.4 Å². The van der Waals surface area contributed by atoms with Crippen molar-refractivity contribution in [3.8, 4) is 0 Å². The Labute approximate surface area is 131 Å². The van der Waals surface area contributed by atoms with Crippen molar-refractivity contribution in [2.45, 2.75) is 19.3 Å². The van der Waals surface area contributed by atoms with Crippen molar-refractivity contribution < 1.29 is 9.59 Å². The largest absolute Gasteiger partial charge is 0.354 e. The van der Waals surface area contributed by atoms with E-state index in [0.29, 0.717) is 13.1 Å². The molecule has 3 N–H and O–H groups in total. The maximum atomic E-state index is 11.6. The zero-order chi connectivity index (χ0) is 14.2. The number of benzene rings is 1. The van der Waals surface area contributed by atoms with Crippen LogP contribution < -0.4 is 16.0 Å². The lowest BCUT2D eigenvalue weighted by Gasteiger charge is -2.07. The number of carbonyl (C=O) groups is 2. The van der Waals surface area contributed by atoms with Crippen LogP contribution in [0.4, 0.5) is 5.69 Å². The Kier molecular flexibility index (Phi) is 7.79. The number of hydrogen-bond donors (Lipinski definition) is 3. The highest BCUT2D eigenvalue weighted by Gasteiger charge is 2.20. The molecule has 1 aliphatic rings. The summed E-state index contributed by atoms with van der Waals surface area (Å²) in [6, 6.07) is 9.28. The van der Waals surface area contributed by atoms with Crippen LogP contribution in [0.1, 0.15) is 19.3 Å². The zero-order valence-electron chi connectivity index (χ0n) is 11.9. The molecule has 0 saturated heterocycles. The number of hydrogen-bond acceptors (Lipinski definition) is 3. The maximum absolute atomic E-state index is 11.6. The van der Waals surface area contributed by atoms with E-state index in [1.807, 2.05) is 30.3 Å². The average Bonchev–Trinajstić information content (AvgIpc) is 3.24. The Morgan fingerprint density at radius 2 is 1.81 bits per heavy atom. The second kappa shape index (κ2) is 9.37. The second-order valence-electron chi connectivity index (χ2n) is 5.09. The highest BCUT2D eigenvalue weighted by molar-refractivity contribution is 5.91. The minimum Gasteiger partial charge on any atom is -0.354 e. The van der Waals surface area contributed by atoms with Crippen molar-refractivity contribution in [3.63, 3.8) is 0 Å². The van der Waals surface area contributed by atoms with Crippen molar-refractivity contribution >= 4 is 29.9 Å². The molecule has 2 rings (SSSR count). The fraction of sp³-hybridized carbons (Fsp3) is 0.467. The van der Waals surface area contributed by atoms with Crippen molar-refractivity contribution in [1.29, 1.82) is 0 Å². The predicted molar refractivity (Wildman–Crippen MR) is 85.5 cm³/mol. The molecule has 1 aromatic carbocycles. The van der Waals surface area contributed by atoms with E-state index in [1.165, 1.54) is 12.8 Å². The monoisotopic (exact) mass is 311 g/mol. The maximum Gasteiger partial charge on any atom is 0.233 e. The van der Waals surface area contributed by atoms with Gasteiger partial charge in [0.25, 0.3) is 0 Å². The third-order valence-electron chi connectivity index (χ3n) is 3.15. The molecule has 0 spiro atoms. The number of nitrogens with one attached hydrogen (secondary N) is 3. The van der Waals surface area contributed by atoms with Gasteiger partial charge in [-0.1, -0.05) is 18.2 Å². The van der Waals surface area contributed by atoms with Crippen molar-refractivity contribution in [2.75, 3.05) is 25.0 Å². The second-order valence-corrected chi connectivity index (χ2v) is 5.09. The van der Waals surface area contributed by atoms with Gasteiger partial charge in [0, 0.05) is 18.7 Å². The molecule has 0 unspecified atom stereocenters. The third kappa shape index (κ3) is 7.68. The Balaban J connectivity index is 0.00000220. The molecule has 0 aromatic heterocycles. The number of halogens is 1. The van der Waals surface area contributed by atoms with E-state index in [1.54, 1.807) is 0 Å². The first-order chi connectivity index (χ1) is 9.74. The molecule has 21 heavy (non-hydrogen) atoms. The third-order valence-corrected chi connectivity index (χ3v) is 3.15. The summed E-state index contributed by atoms with van der Waals surface area (Å²) in [6.07, 6.45) is 2.83. The van der Waals surface area contributed by atoms with E-state index in [0.717, 1.165) is 18.2 Å². The van der Waals surface area contributed by atoms with Gasteiger partial charge in [0.05, 0.1) is 6.54 Å². The Bertz CT molecular complexity index is 449. The van der Waals surface area contributed by atoms with Crippen molar-refractivity contribution in [2.24, 2.45) is 5.92 Å². The van der Waals surface area contributed by atoms with Gasteiger partial charge in [-0.15, -0.1) is 12.4 Å². The highest BCUT2D eigenvalue weighted by atomic mass is 35.5. The molecule has 0 bridgehead atoms. The zero-order valence-corrected chi connectivity index (χ0v) is 12.7. The molecule has 2 amide bonds. The van der Waals surface area contributed by atoms with Crippen LogP contribution in [0.3, 0.4) is 0 Å². The Hall–Kier alpha value is -1.59. The fourth-order valence-electron chi connectivity index (χ4n) is 1.83. The topological polar surface area (TPSA) is 70.2 Å². The molecule has 0 atom stereocenters. The van der Waals surface area contributed by atoms with Crippen LogP contribution in [0.15, 0.2) is 30.3 Å². The first-order valence-corrected chi connectivity index (χ1v) is 7.06. The molecule has 1 aromatic rings. The normalized spacial score (nSPS) is 13.1. The van der Waals surface area contributed by atoms with Crippen LogP contribution in [-0.2, 0) is 9.59 Å². The molecule has 0 heterocycles. The van der Waals surface area contributed by atoms with Gasteiger partial charge in [0.1, 0.15) is 0 Å². The minimum atomic E-state index is -0.0950. The van der Waals surface area contributed by atoms with Gasteiger partial charge in [-0.05, 0) is 37.4 Å². The van der Waals surface area contributed by atoms with E-state index >= 15 is 0 Å². The summed E-state index contributed by atoms with van der Waals surface area (Å²) in [5.74, 6) is 0.611. The SMILES string of the molecule is Cl.O=C(CNCC1CC1)NCCC(=O)Nc1ccccc1. The van der Waals surface area contributed by atoms with E-state index in [2.05, 4.69) is 16.0 Å². The summed E-state index contributed by atoms with van der Waals surface area (Å²) in [6.45, 7) is 1.61. The summed E-state index contributed by atoms with van der Waals surface area (Å²) in [5, 5.41) is 8.62. The fourth-order valence-corrected chi connectivity index (χ4v) is 1.83. The van der Waals surface area contributed by atoms with Crippen molar-refractivity contribution in [1.82, 2.24) is 10.6 Å². The van der Waals surface area contributed by atoms with Crippen LogP contribution >= 0.6 is 12.4 Å². The van der Waals surface area contributed by atoms with E-state index in [9.17, 15) is 9.59 Å². The van der Waals surface area contributed by atoms with Crippen LogP contribution in [0, 0.1) is 5.92 Å². The molecule has 6 heteroatoms. The number of rotatable bonds is 8. The van der Waals surface area contributed by atoms with Gasteiger partial charge in [-0.25, -0.2) is 0 Å². The number of anilines is 1. The molecule has 5 nitrogen and oxygen atoms in total. The highest BCUT2D eigenvalue weighted by Crippen LogP contribution is 2.27. The Morgan fingerprint density at radius 1 is 1.10 bits per heavy atom. The van der Waals surface area contributed by atoms with Gasteiger partial charge in [-0.3, -0.25) is 9.59 Å². The first-order valence-electron chi connectivity index (χ1n) is 7.06. The molecule has 0 aliphatic heterocycles. The standard InChI is InChI=1S/C15H21N3O2.ClH/c19-14(18-13-4-2-1-3-5-13)8-9-17-15(20)11-16-10-12-6-7-12;/h1-5,12,16H,6-11H2,(H,17,20)(H,18,19);1H. The van der Waals surface area contributed by atoms with E-state index in [4.69, 9.17) is 0 Å². The summed E-state index contributed by atoms with van der Waals surface area (Å²) >= 11 is 0. The smallest absolute Gasteiger partial charge is 0.233 e.